The Morgan fingerprint density at radius 3 is 2.83 bits per heavy atom. The number of piperidine rings is 1. The molecule has 0 aliphatic carbocycles. The van der Waals surface area contributed by atoms with Gasteiger partial charge in [-0.25, -0.2) is 0 Å². The topological polar surface area (TPSA) is 45.2 Å². The summed E-state index contributed by atoms with van der Waals surface area (Å²) in [6, 6.07) is 6.35. The van der Waals surface area contributed by atoms with Crippen LogP contribution in [0.1, 0.15) is 39.8 Å². The highest BCUT2D eigenvalue weighted by molar-refractivity contribution is 8.01. The number of carbonyl (C=O) groups excluding carboxylic acids is 1. The van der Waals surface area contributed by atoms with Gasteiger partial charge in [-0.1, -0.05) is 33.8 Å². The number of rotatable bonds is 5. The van der Waals surface area contributed by atoms with Crippen LogP contribution < -0.4 is 5.32 Å². The molecule has 2 unspecified atom stereocenters. The van der Waals surface area contributed by atoms with Crippen molar-refractivity contribution in [3.63, 3.8) is 0 Å². The van der Waals surface area contributed by atoms with E-state index in [0.29, 0.717) is 17.7 Å². The molecule has 4 nitrogen and oxygen atoms in total. The minimum absolute atomic E-state index is 0.134. The van der Waals surface area contributed by atoms with Gasteiger partial charge in [0.1, 0.15) is 0 Å². The maximum Gasteiger partial charge on any atom is 0.230 e. The molecule has 0 aromatic carbocycles. The van der Waals surface area contributed by atoms with Crippen molar-refractivity contribution in [3.05, 3.63) is 30.1 Å². The van der Waals surface area contributed by atoms with Crippen molar-refractivity contribution in [1.29, 1.82) is 0 Å². The van der Waals surface area contributed by atoms with Crippen LogP contribution in [0, 0.1) is 5.92 Å². The summed E-state index contributed by atoms with van der Waals surface area (Å²) in [7, 11) is 0. The summed E-state index contributed by atoms with van der Waals surface area (Å²) in [5, 5.41) is 3.22. The first-order valence-electron chi connectivity index (χ1n) is 8.39. The second-order valence-electron chi connectivity index (χ2n) is 7.40. The van der Waals surface area contributed by atoms with E-state index < -0.39 is 0 Å². The lowest BCUT2D eigenvalue weighted by molar-refractivity contribution is -0.120. The molecule has 23 heavy (non-hydrogen) atoms. The van der Waals surface area contributed by atoms with Crippen LogP contribution in [-0.2, 0) is 11.3 Å². The fourth-order valence-electron chi connectivity index (χ4n) is 2.84. The number of likely N-dealkylation sites (tertiary alicyclic amines) is 1. The normalized spacial score (nSPS) is 22.8. The molecule has 1 aromatic rings. The Morgan fingerprint density at radius 1 is 1.43 bits per heavy atom. The van der Waals surface area contributed by atoms with Crippen LogP contribution in [-0.4, -0.2) is 45.4 Å². The highest BCUT2D eigenvalue weighted by atomic mass is 32.2. The second kappa shape index (κ2) is 8.15. The van der Waals surface area contributed by atoms with Crippen LogP contribution >= 0.6 is 11.8 Å². The predicted molar refractivity (Wildman–Crippen MR) is 97.4 cm³/mol. The highest BCUT2D eigenvalue weighted by Crippen LogP contribution is 2.23. The first kappa shape index (κ1) is 18.3. The van der Waals surface area contributed by atoms with E-state index in [1.54, 1.807) is 11.8 Å². The zero-order valence-electron chi connectivity index (χ0n) is 14.7. The molecule has 1 amide bonds. The molecule has 1 aliphatic heterocycles. The first-order valence-corrected chi connectivity index (χ1v) is 9.37. The molecule has 128 valence electrons. The Balaban J connectivity index is 1.76. The summed E-state index contributed by atoms with van der Waals surface area (Å²) in [4.78, 5) is 18.9. The van der Waals surface area contributed by atoms with Crippen molar-refractivity contribution in [3.8, 4) is 0 Å². The number of hydrogen-bond acceptors (Lipinski definition) is 4. The number of thioether (sulfide) groups is 1. The number of pyridine rings is 1. The lowest BCUT2D eigenvalue weighted by atomic mass is 9.93. The van der Waals surface area contributed by atoms with Crippen LogP contribution in [0.25, 0.3) is 0 Å². The predicted octanol–water partition coefficient (Wildman–Crippen LogP) is 2.94. The van der Waals surface area contributed by atoms with Crippen LogP contribution in [0.4, 0.5) is 0 Å². The molecule has 5 heteroatoms. The third-order valence-corrected chi connectivity index (χ3v) is 5.36. The quantitative estimate of drug-likeness (QED) is 0.898. The molecule has 0 spiro atoms. The van der Waals surface area contributed by atoms with E-state index in [1.807, 2.05) is 18.3 Å². The van der Waals surface area contributed by atoms with Crippen LogP contribution in [0.2, 0.25) is 0 Å². The molecule has 1 aromatic heterocycles. The summed E-state index contributed by atoms with van der Waals surface area (Å²) < 4.78 is 0.134. The smallest absolute Gasteiger partial charge is 0.230 e. The molecule has 2 heterocycles. The Hall–Kier alpha value is -1.07. The van der Waals surface area contributed by atoms with Crippen molar-refractivity contribution >= 4 is 17.7 Å². The number of hydrogen-bond donors (Lipinski definition) is 1. The van der Waals surface area contributed by atoms with Crippen LogP contribution in [0.15, 0.2) is 24.4 Å². The SMILES string of the molecule is CC1CN(Cc2ccccn2)CCC1NC(=O)CSC(C)(C)C. The largest absolute Gasteiger partial charge is 0.352 e. The fraction of sp³-hybridized carbons (Fsp3) is 0.667. The van der Waals surface area contributed by atoms with E-state index in [-0.39, 0.29) is 10.7 Å². The third-order valence-electron chi connectivity index (χ3n) is 4.08. The van der Waals surface area contributed by atoms with Crippen molar-refractivity contribution in [2.75, 3.05) is 18.8 Å². The maximum atomic E-state index is 12.1. The average molecular weight is 336 g/mol. The van der Waals surface area contributed by atoms with E-state index in [2.05, 4.69) is 49.0 Å². The first-order chi connectivity index (χ1) is 10.8. The second-order valence-corrected chi connectivity index (χ2v) is 9.20. The van der Waals surface area contributed by atoms with Crippen molar-refractivity contribution in [1.82, 2.24) is 15.2 Å². The summed E-state index contributed by atoms with van der Waals surface area (Å²) in [6.45, 7) is 11.6. The van der Waals surface area contributed by atoms with Gasteiger partial charge in [0.2, 0.25) is 5.91 Å². The maximum absolute atomic E-state index is 12.1. The van der Waals surface area contributed by atoms with E-state index in [4.69, 9.17) is 0 Å². The molecule has 0 saturated carbocycles. The van der Waals surface area contributed by atoms with Crippen molar-refractivity contribution in [2.45, 2.75) is 51.4 Å². The van der Waals surface area contributed by atoms with E-state index in [0.717, 1.165) is 31.7 Å². The van der Waals surface area contributed by atoms with Gasteiger partial charge in [0.15, 0.2) is 0 Å². The molecule has 0 radical (unpaired) electrons. The van der Waals surface area contributed by atoms with Gasteiger partial charge in [-0.2, -0.15) is 0 Å². The zero-order chi connectivity index (χ0) is 16.9. The van der Waals surface area contributed by atoms with Crippen molar-refractivity contribution < 1.29 is 4.79 Å². The number of amides is 1. The molecular formula is C18H29N3OS. The summed E-state index contributed by atoms with van der Waals surface area (Å²) in [6.07, 6.45) is 2.86. The lowest BCUT2D eigenvalue weighted by Gasteiger charge is -2.37. The number of carbonyl (C=O) groups is 1. The van der Waals surface area contributed by atoms with Gasteiger partial charge in [-0.05, 0) is 24.5 Å². The number of aromatic nitrogens is 1. The van der Waals surface area contributed by atoms with Gasteiger partial charge in [-0.15, -0.1) is 11.8 Å². The number of nitrogens with zero attached hydrogens (tertiary/aromatic N) is 2. The third kappa shape index (κ3) is 6.51. The Labute approximate surface area is 144 Å². The minimum atomic E-state index is 0.134. The monoisotopic (exact) mass is 335 g/mol. The molecule has 1 fully saturated rings. The fourth-order valence-corrected chi connectivity index (χ4v) is 3.49. The van der Waals surface area contributed by atoms with E-state index in [9.17, 15) is 4.79 Å². The molecule has 1 aliphatic rings. The molecule has 1 saturated heterocycles. The van der Waals surface area contributed by atoms with E-state index >= 15 is 0 Å². The molecule has 1 N–H and O–H groups in total. The van der Waals surface area contributed by atoms with E-state index in [1.165, 1.54) is 0 Å². The Morgan fingerprint density at radius 2 is 2.22 bits per heavy atom. The van der Waals surface area contributed by atoms with Gasteiger partial charge >= 0.3 is 0 Å². The Bertz CT molecular complexity index is 501. The number of nitrogens with one attached hydrogen (secondary N) is 1. The zero-order valence-corrected chi connectivity index (χ0v) is 15.5. The molecule has 2 atom stereocenters. The minimum Gasteiger partial charge on any atom is -0.352 e. The van der Waals surface area contributed by atoms with Gasteiger partial charge in [0.25, 0.3) is 0 Å². The standard InChI is InChI=1S/C18H29N3OS/c1-14-11-21(12-15-7-5-6-9-19-15)10-8-16(14)20-17(22)13-23-18(2,3)4/h5-7,9,14,16H,8,10-13H2,1-4H3,(H,20,22). The molecule has 0 bridgehead atoms. The van der Waals surface area contributed by atoms with Gasteiger partial charge < -0.3 is 5.32 Å². The average Bonchev–Trinajstić information content (AvgIpc) is 2.48. The van der Waals surface area contributed by atoms with Crippen LogP contribution in [0.3, 0.4) is 0 Å². The van der Waals surface area contributed by atoms with Crippen molar-refractivity contribution in [2.24, 2.45) is 5.92 Å². The van der Waals surface area contributed by atoms with Gasteiger partial charge in [-0.3, -0.25) is 14.7 Å². The highest BCUT2D eigenvalue weighted by Gasteiger charge is 2.27. The van der Waals surface area contributed by atoms with Gasteiger partial charge in [0, 0.05) is 36.6 Å². The summed E-state index contributed by atoms with van der Waals surface area (Å²) in [5.41, 5.74) is 1.11. The van der Waals surface area contributed by atoms with Crippen LogP contribution in [0.5, 0.6) is 0 Å². The molecular weight excluding hydrogens is 306 g/mol. The summed E-state index contributed by atoms with van der Waals surface area (Å²) >= 11 is 1.70. The lowest BCUT2D eigenvalue weighted by Crippen LogP contribution is -2.50. The Kier molecular flexibility index (Phi) is 6.48. The van der Waals surface area contributed by atoms with Gasteiger partial charge in [0.05, 0.1) is 11.4 Å². The molecule has 2 rings (SSSR count). The summed E-state index contributed by atoms with van der Waals surface area (Å²) in [5.74, 6) is 1.18.